The summed E-state index contributed by atoms with van der Waals surface area (Å²) in [6, 6.07) is 0. The van der Waals surface area contributed by atoms with Gasteiger partial charge in [-0.2, -0.15) is 0 Å². The lowest BCUT2D eigenvalue weighted by molar-refractivity contribution is 0.500. The van der Waals surface area contributed by atoms with Crippen LogP contribution in [0.3, 0.4) is 0 Å². The zero-order valence-electron chi connectivity index (χ0n) is 6.35. The Balaban J connectivity index is 2.41. The molecule has 0 N–H and O–H groups in total. The van der Waals surface area contributed by atoms with Gasteiger partial charge in [-0.05, 0) is 31.6 Å². The zero-order chi connectivity index (χ0) is 6.69. The minimum Gasteiger partial charge on any atom is -0.297 e. The first-order valence-electron chi connectivity index (χ1n) is 3.77. The molecule has 1 rings (SSSR count). The first-order valence-corrected chi connectivity index (χ1v) is 3.77. The maximum Gasteiger partial charge on any atom is 0.0276 e. The van der Waals surface area contributed by atoms with Crippen molar-refractivity contribution >= 4 is 5.71 Å². The summed E-state index contributed by atoms with van der Waals surface area (Å²) in [5, 5.41) is 0. The molecule has 1 aliphatic rings. The molecule has 9 heavy (non-hydrogen) atoms. The fourth-order valence-corrected chi connectivity index (χ4v) is 1.46. The molecule has 1 heteroatoms. The molecule has 1 aliphatic carbocycles. The van der Waals surface area contributed by atoms with E-state index in [9.17, 15) is 0 Å². The SMILES string of the molecule is CN=C1CCCC(C)C1. The Morgan fingerprint density at radius 1 is 1.56 bits per heavy atom. The van der Waals surface area contributed by atoms with Crippen LogP contribution in [-0.2, 0) is 0 Å². The van der Waals surface area contributed by atoms with Crippen molar-refractivity contribution in [3.63, 3.8) is 0 Å². The molecule has 0 amide bonds. The molecular formula is C8H15N. The van der Waals surface area contributed by atoms with Gasteiger partial charge in [0.05, 0.1) is 0 Å². The Hall–Kier alpha value is -0.330. The average Bonchev–Trinajstić information content (AvgIpc) is 1.88. The third-order valence-electron chi connectivity index (χ3n) is 2.06. The van der Waals surface area contributed by atoms with E-state index in [2.05, 4.69) is 11.9 Å². The van der Waals surface area contributed by atoms with E-state index in [0.29, 0.717) is 0 Å². The topological polar surface area (TPSA) is 12.4 Å². The van der Waals surface area contributed by atoms with Crippen molar-refractivity contribution in [2.45, 2.75) is 32.6 Å². The lowest BCUT2D eigenvalue weighted by atomic mass is 9.89. The van der Waals surface area contributed by atoms with E-state index in [1.807, 2.05) is 7.05 Å². The van der Waals surface area contributed by atoms with Gasteiger partial charge in [0.1, 0.15) is 0 Å². The van der Waals surface area contributed by atoms with Crippen LogP contribution in [0, 0.1) is 5.92 Å². The van der Waals surface area contributed by atoms with Crippen LogP contribution in [0.15, 0.2) is 4.99 Å². The normalized spacial score (nSPS) is 33.1. The smallest absolute Gasteiger partial charge is 0.0276 e. The van der Waals surface area contributed by atoms with Crippen LogP contribution >= 0.6 is 0 Å². The molecular weight excluding hydrogens is 110 g/mol. The summed E-state index contributed by atoms with van der Waals surface area (Å²) in [6.45, 7) is 2.31. The van der Waals surface area contributed by atoms with Crippen LogP contribution in [-0.4, -0.2) is 12.8 Å². The van der Waals surface area contributed by atoms with Crippen molar-refractivity contribution in [1.29, 1.82) is 0 Å². The second-order valence-electron chi connectivity index (χ2n) is 2.99. The largest absolute Gasteiger partial charge is 0.297 e. The molecule has 1 fully saturated rings. The van der Waals surface area contributed by atoms with Gasteiger partial charge in [0.15, 0.2) is 0 Å². The molecule has 1 unspecified atom stereocenters. The molecule has 0 heterocycles. The van der Waals surface area contributed by atoms with Crippen LogP contribution in [0.2, 0.25) is 0 Å². The first-order chi connectivity index (χ1) is 4.33. The third kappa shape index (κ3) is 1.81. The molecule has 0 aliphatic heterocycles. The van der Waals surface area contributed by atoms with E-state index in [1.165, 1.54) is 31.4 Å². The van der Waals surface area contributed by atoms with E-state index in [4.69, 9.17) is 0 Å². The van der Waals surface area contributed by atoms with E-state index in [1.54, 1.807) is 0 Å². The summed E-state index contributed by atoms with van der Waals surface area (Å²) in [6.07, 6.45) is 5.25. The number of nitrogens with zero attached hydrogens (tertiary/aromatic N) is 1. The van der Waals surface area contributed by atoms with Gasteiger partial charge in [-0.1, -0.05) is 6.92 Å². The number of rotatable bonds is 0. The van der Waals surface area contributed by atoms with Crippen molar-refractivity contribution in [1.82, 2.24) is 0 Å². The quantitative estimate of drug-likeness (QED) is 0.471. The molecule has 1 saturated carbocycles. The van der Waals surface area contributed by atoms with Gasteiger partial charge >= 0.3 is 0 Å². The second-order valence-corrected chi connectivity index (χ2v) is 2.99. The van der Waals surface area contributed by atoms with E-state index in [-0.39, 0.29) is 0 Å². The van der Waals surface area contributed by atoms with Crippen molar-refractivity contribution in [3.8, 4) is 0 Å². The summed E-state index contributed by atoms with van der Waals surface area (Å²) >= 11 is 0. The van der Waals surface area contributed by atoms with E-state index >= 15 is 0 Å². The molecule has 0 saturated heterocycles. The Kier molecular flexibility index (Phi) is 2.26. The molecule has 1 nitrogen and oxygen atoms in total. The standard InChI is InChI=1S/C8H15N/c1-7-4-3-5-8(6-7)9-2/h7H,3-6H2,1-2H3. The Bertz CT molecular complexity index is 116. The summed E-state index contributed by atoms with van der Waals surface area (Å²) in [5.74, 6) is 0.887. The molecule has 0 aromatic rings. The highest BCUT2D eigenvalue weighted by Gasteiger charge is 2.12. The predicted molar refractivity (Wildman–Crippen MR) is 41.0 cm³/mol. The molecule has 0 radical (unpaired) electrons. The fourth-order valence-electron chi connectivity index (χ4n) is 1.46. The van der Waals surface area contributed by atoms with Gasteiger partial charge < -0.3 is 0 Å². The van der Waals surface area contributed by atoms with Crippen LogP contribution in [0.5, 0.6) is 0 Å². The highest BCUT2D eigenvalue weighted by atomic mass is 14.7. The van der Waals surface area contributed by atoms with Crippen molar-refractivity contribution in [2.75, 3.05) is 7.05 Å². The molecule has 0 aromatic carbocycles. The Labute approximate surface area is 57.2 Å². The average molecular weight is 125 g/mol. The highest BCUT2D eigenvalue weighted by Crippen LogP contribution is 2.20. The summed E-state index contributed by atoms with van der Waals surface area (Å²) in [4.78, 5) is 4.21. The summed E-state index contributed by atoms with van der Waals surface area (Å²) < 4.78 is 0. The van der Waals surface area contributed by atoms with Crippen LogP contribution < -0.4 is 0 Å². The van der Waals surface area contributed by atoms with Crippen molar-refractivity contribution in [2.24, 2.45) is 10.9 Å². The lowest BCUT2D eigenvalue weighted by Crippen LogP contribution is -2.11. The second kappa shape index (κ2) is 3.00. The van der Waals surface area contributed by atoms with Gasteiger partial charge in [-0.3, -0.25) is 4.99 Å². The highest BCUT2D eigenvalue weighted by molar-refractivity contribution is 5.85. The van der Waals surface area contributed by atoms with Gasteiger partial charge in [0.2, 0.25) is 0 Å². The van der Waals surface area contributed by atoms with E-state index < -0.39 is 0 Å². The van der Waals surface area contributed by atoms with Crippen molar-refractivity contribution < 1.29 is 0 Å². The monoisotopic (exact) mass is 125 g/mol. The third-order valence-corrected chi connectivity index (χ3v) is 2.06. The number of hydrogen-bond donors (Lipinski definition) is 0. The Morgan fingerprint density at radius 3 is 2.78 bits per heavy atom. The minimum absolute atomic E-state index is 0.887. The van der Waals surface area contributed by atoms with Gasteiger partial charge in [0, 0.05) is 12.8 Å². The maximum absolute atomic E-state index is 4.21. The summed E-state index contributed by atoms with van der Waals surface area (Å²) in [7, 11) is 1.91. The first kappa shape index (κ1) is 6.79. The van der Waals surface area contributed by atoms with Crippen LogP contribution in [0.1, 0.15) is 32.6 Å². The van der Waals surface area contributed by atoms with Gasteiger partial charge in [0.25, 0.3) is 0 Å². The maximum atomic E-state index is 4.21. The molecule has 52 valence electrons. The number of hydrogen-bond acceptors (Lipinski definition) is 1. The number of aliphatic imine (C=N–C) groups is 1. The Morgan fingerprint density at radius 2 is 2.33 bits per heavy atom. The molecule has 1 atom stereocenters. The van der Waals surface area contributed by atoms with Gasteiger partial charge in [-0.25, -0.2) is 0 Å². The van der Waals surface area contributed by atoms with Gasteiger partial charge in [-0.15, -0.1) is 0 Å². The summed E-state index contributed by atoms with van der Waals surface area (Å²) in [5.41, 5.74) is 1.42. The fraction of sp³-hybridized carbons (Fsp3) is 0.875. The molecule has 0 aromatic heterocycles. The van der Waals surface area contributed by atoms with E-state index in [0.717, 1.165) is 5.92 Å². The lowest BCUT2D eigenvalue weighted by Gasteiger charge is -2.18. The minimum atomic E-state index is 0.887. The predicted octanol–water partition coefficient (Wildman–Crippen LogP) is 2.27. The van der Waals surface area contributed by atoms with Crippen LogP contribution in [0.4, 0.5) is 0 Å². The molecule has 0 spiro atoms. The van der Waals surface area contributed by atoms with Crippen LogP contribution in [0.25, 0.3) is 0 Å². The molecule has 0 bridgehead atoms. The zero-order valence-corrected chi connectivity index (χ0v) is 6.35. The van der Waals surface area contributed by atoms with Crippen molar-refractivity contribution in [3.05, 3.63) is 0 Å².